The smallest absolute Gasteiger partial charge is 0.329 e. The maximum Gasteiger partial charge on any atom is 0.329 e. The number of hydrogen-bond donors (Lipinski definition) is 1. The highest BCUT2D eigenvalue weighted by molar-refractivity contribution is 5.74. The first-order valence-corrected chi connectivity index (χ1v) is 7.47. The van der Waals surface area contributed by atoms with Crippen LogP contribution in [0.1, 0.15) is 26.7 Å². The Hall–Kier alpha value is -2.05. The highest BCUT2D eigenvalue weighted by atomic mass is 16.2. The minimum absolute atomic E-state index is 0.362. The van der Waals surface area contributed by atoms with Crippen molar-refractivity contribution in [3.05, 3.63) is 20.8 Å². The number of aromatic nitrogens is 4. The Bertz CT molecular complexity index is 785. The summed E-state index contributed by atoms with van der Waals surface area (Å²) in [7, 11) is 1.64. The van der Waals surface area contributed by atoms with Gasteiger partial charge >= 0.3 is 5.69 Å². The van der Waals surface area contributed by atoms with E-state index in [1.165, 1.54) is 11.0 Å². The zero-order valence-electron chi connectivity index (χ0n) is 12.7. The third kappa shape index (κ3) is 2.16. The van der Waals surface area contributed by atoms with Gasteiger partial charge in [-0.1, -0.05) is 6.92 Å². The van der Waals surface area contributed by atoms with E-state index in [2.05, 4.69) is 21.8 Å². The lowest BCUT2D eigenvalue weighted by molar-refractivity contribution is 0.438. The van der Waals surface area contributed by atoms with Crippen molar-refractivity contribution in [1.82, 2.24) is 19.1 Å². The molecule has 0 aromatic carbocycles. The van der Waals surface area contributed by atoms with E-state index in [9.17, 15) is 9.59 Å². The summed E-state index contributed by atoms with van der Waals surface area (Å²) in [5.74, 6) is 1.41. The molecule has 0 spiro atoms. The van der Waals surface area contributed by atoms with Gasteiger partial charge in [-0.05, 0) is 25.7 Å². The number of hydrogen-bond acceptors (Lipinski definition) is 4. The lowest BCUT2D eigenvalue weighted by Crippen LogP contribution is -2.36. The minimum atomic E-state index is -0.424. The van der Waals surface area contributed by atoms with Gasteiger partial charge in [0.15, 0.2) is 11.2 Å². The number of nitrogens with zero attached hydrogens (tertiary/aromatic N) is 4. The van der Waals surface area contributed by atoms with Crippen LogP contribution in [-0.4, -0.2) is 32.2 Å². The van der Waals surface area contributed by atoms with Crippen LogP contribution < -0.4 is 16.1 Å². The van der Waals surface area contributed by atoms with E-state index in [0.29, 0.717) is 23.6 Å². The number of aromatic amines is 1. The van der Waals surface area contributed by atoms with Gasteiger partial charge in [0.05, 0.1) is 0 Å². The van der Waals surface area contributed by atoms with Gasteiger partial charge in [0.1, 0.15) is 0 Å². The van der Waals surface area contributed by atoms with Gasteiger partial charge in [0.2, 0.25) is 5.95 Å². The van der Waals surface area contributed by atoms with Crippen LogP contribution in [-0.2, 0) is 13.6 Å². The van der Waals surface area contributed by atoms with E-state index < -0.39 is 5.69 Å². The SMILES string of the molecule is CCn1c(N2CCC[C@H](C)C2)nc2c1c(=O)[nH]c(=O)n2C. The molecule has 7 nitrogen and oxygen atoms in total. The third-order valence-electron chi connectivity index (χ3n) is 4.24. The van der Waals surface area contributed by atoms with Crippen LogP contribution in [0.15, 0.2) is 9.59 Å². The fourth-order valence-electron chi connectivity index (χ4n) is 3.14. The Balaban J connectivity index is 2.24. The Morgan fingerprint density at radius 1 is 1.38 bits per heavy atom. The third-order valence-corrected chi connectivity index (χ3v) is 4.24. The van der Waals surface area contributed by atoms with Crippen LogP contribution in [0.2, 0.25) is 0 Å². The molecule has 3 rings (SSSR count). The quantitative estimate of drug-likeness (QED) is 0.883. The summed E-state index contributed by atoms with van der Waals surface area (Å²) < 4.78 is 3.31. The van der Waals surface area contributed by atoms with E-state index in [4.69, 9.17) is 0 Å². The van der Waals surface area contributed by atoms with Crippen molar-refractivity contribution in [3.8, 4) is 0 Å². The Labute approximate surface area is 122 Å². The summed E-state index contributed by atoms with van der Waals surface area (Å²) in [5, 5.41) is 0. The highest BCUT2D eigenvalue weighted by Crippen LogP contribution is 2.24. The minimum Gasteiger partial charge on any atom is -0.342 e. The molecule has 21 heavy (non-hydrogen) atoms. The average Bonchev–Trinajstić information content (AvgIpc) is 2.85. The summed E-state index contributed by atoms with van der Waals surface area (Å²) >= 11 is 0. The summed E-state index contributed by atoms with van der Waals surface area (Å²) in [6.07, 6.45) is 2.35. The first-order chi connectivity index (χ1) is 10.0. The number of anilines is 1. The predicted molar refractivity (Wildman–Crippen MR) is 81.9 cm³/mol. The van der Waals surface area contributed by atoms with Crippen molar-refractivity contribution in [3.63, 3.8) is 0 Å². The molecular formula is C14H21N5O2. The molecule has 1 aliphatic heterocycles. The van der Waals surface area contributed by atoms with E-state index in [-0.39, 0.29) is 5.56 Å². The second-order valence-electron chi connectivity index (χ2n) is 5.84. The number of nitrogens with one attached hydrogen (secondary N) is 1. The normalized spacial score (nSPS) is 19.4. The highest BCUT2D eigenvalue weighted by Gasteiger charge is 2.24. The standard InChI is InChI=1S/C14H21N5O2/c1-4-19-10-11(17(3)14(21)16-12(10)20)15-13(19)18-7-5-6-9(2)8-18/h9H,4-8H2,1-3H3,(H,16,20,21)/t9-/m0/s1. The summed E-state index contributed by atoms with van der Waals surface area (Å²) in [4.78, 5) is 33.1. The molecule has 0 amide bonds. The zero-order chi connectivity index (χ0) is 15.1. The molecule has 0 saturated carbocycles. The molecular weight excluding hydrogens is 270 g/mol. The molecule has 0 aliphatic carbocycles. The summed E-state index contributed by atoms with van der Waals surface area (Å²) in [6.45, 7) is 6.75. The van der Waals surface area contributed by atoms with Crippen LogP contribution in [0.4, 0.5) is 5.95 Å². The maximum atomic E-state index is 12.1. The van der Waals surface area contributed by atoms with Crippen LogP contribution in [0, 0.1) is 5.92 Å². The van der Waals surface area contributed by atoms with Crippen molar-refractivity contribution in [2.75, 3.05) is 18.0 Å². The molecule has 1 fully saturated rings. The monoisotopic (exact) mass is 291 g/mol. The Morgan fingerprint density at radius 2 is 2.14 bits per heavy atom. The van der Waals surface area contributed by atoms with E-state index in [1.54, 1.807) is 7.05 Å². The van der Waals surface area contributed by atoms with Gasteiger partial charge < -0.3 is 9.47 Å². The molecule has 0 unspecified atom stereocenters. The number of H-pyrrole nitrogens is 1. The Morgan fingerprint density at radius 3 is 2.81 bits per heavy atom. The van der Waals surface area contributed by atoms with Crippen LogP contribution in [0.5, 0.6) is 0 Å². The van der Waals surface area contributed by atoms with E-state index in [1.807, 2.05) is 11.5 Å². The summed E-state index contributed by atoms with van der Waals surface area (Å²) in [6, 6.07) is 0. The molecule has 2 aromatic heterocycles. The Kier molecular flexibility index (Phi) is 3.35. The topological polar surface area (TPSA) is 75.9 Å². The van der Waals surface area contributed by atoms with Crippen LogP contribution >= 0.6 is 0 Å². The van der Waals surface area contributed by atoms with Crippen molar-refractivity contribution in [1.29, 1.82) is 0 Å². The first-order valence-electron chi connectivity index (χ1n) is 7.47. The van der Waals surface area contributed by atoms with E-state index >= 15 is 0 Å². The lowest BCUT2D eigenvalue weighted by Gasteiger charge is -2.31. The second-order valence-corrected chi connectivity index (χ2v) is 5.84. The van der Waals surface area contributed by atoms with Crippen molar-refractivity contribution in [2.45, 2.75) is 33.2 Å². The molecule has 1 atom stereocenters. The van der Waals surface area contributed by atoms with Gasteiger partial charge in [-0.2, -0.15) is 4.98 Å². The van der Waals surface area contributed by atoms with Gasteiger partial charge in [-0.3, -0.25) is 14.3 Å². The number of imidazole rings is 1. The molecule has 114 valence electrons. The molecule has 0 radical (unpaired) electrons. The van der Waals surface area contributed by atoms with Gasteiger partial charge in [0, 0.05) is 26.7 Å². The van der Waals surface area contributed by atoms with Gasteiger partial charge in [-0.25, -0.2) is 4.79 Å². The van der Waals surface area contributed by atoms with E-state index in [0.717, 1.165) is 25.5 Å². The fourth-order valence-corrected chi connectivity index (χ4v) is 3.14. The average molecular weight is 291 g/mol. The molecule has 7 heteroatoms. The van der Waals surface area contributed by atoms with Crippen molar-refractivity contribution < 1.29 is 0 Å². The van der Waals surface area contributed by atoms with Gasteiger partial charge in [0.25, 0.3) is 5.56 Å². The number of rotatable bonds is 2. The van der Waals surface area contributed by atoms with Crippen molar-refractivity contribution >= 4 is 17.1 Å². The van der Waals surface area contributed by atoms with Crippen LogP contribution in [0.3, 0.4) is 0 Å². The fraction of sp³-hybridized carbons (Fsp3) is 0.643. The largest absolute Gasteiger partial charge is 0.342 e. The molecule has 1 aliphatic rings. The van der Waals surface area contributed by atoms with Crippen LogP contribution in [0.25, 0.3) is 11.2 Å². The number of piperidine rings is 1. The van der Waals surface area contributed by atoms with Crippen molar-refractivity contribution in [2.24, 2.45) is 13.0 Å². The molecule has 1 saturated heterocycles. The maximum absolute atomic E-state index is 12.1. The molecule has 1 N–H and O–H groups in total. The zero-order valence-corrected chi connectivity index (χ0v) is 12.7. The number of aryl methyl sites for hydroxylation is 2. The lowest BCUT2D eigenvalue weighted by atomic mass is 10.0. The summed E-state index contributed by atoms with van der Waals surface area (Å²) in [5.41, 5.74) is 0.150. The second kappa shape index (κ2) is 5.05. The van der Waals surface area contributed by atoms with Gasteiger partial charge in [-0.15, -0.1) is 0 Å². The first kappa shape index (κ1) is 13.9. The molecule has 2 aromatic rings. The predicted octanol–water partition coefficient (Wildman–Crippen LogP) is 0.679. The molecule has 3 heterocycles. The molecule has 0 bridgehead atoms. The number of fused-ring (bicyclic) bond motifs is 1.